The van der Waals surface area contributed by atoms with Crippen LogP contribution in [0.15, 0.2) is 18.2 Å². The molecule has 15 heavy (non-hydrogen) atoms. The Bertz CT molecular complexity index is 292. The molecule has 3 heteroatoms. The minimum absolute atomic E-state index is 0.127. The second-order valence-corrected chi connectivity index (χ2v) is 3.81. The van der Waals surface area contributed by atoms with E-state index in [4.69, 9.17) is 0 Å². The number of hydrogen-bond acceptors (Lipinski definition) is 1. The molecule has 1 rings (SSSR count). The van der Waals surface area contributed by atoms with Gasteiger partial charge >= 0.3 is 0 Å². The lowest BCUT2D eigenvalue weighted by Crippen LogP contribution is -2.20. The van der Waals surface area contributed by atoms with Crippen molar-refractivity contribution in [1.82, 2.24) is 5.32 Å². The van der Waals surface area contributed by atoms with E-state index < -0.39 is 11.6 Å². The summed E-state index contributed by atoms with van der Waals surface area (Å²) in [4.78, 5) is 0. The lowest BCUT2D eigenvalue weighted by molar-refractivity contribution is 0.565. The summed E-state index contributed by atoms with van der Waals surface area (Å²) in [6.07, 6.45) is 1.06. The van der Waals surface area contributed by atoms with E-state index in [1.807, 2.05) is 6.92 Å². The van der Waals surface area contributed by atoms with Gasteiger partial charge in [0.05, 0.1) is 0 Å². The van der Waals surface area contributed by atoms with E-state index in [0.29, 0.717) is 5.56 Å². The Morgan fingerprint density at radius 2 is 1.80 bits per heavy atom. The number of nitrogens with one attached hydrogen (secondary N) is 1. The molecule has 0 aliphatic rings. The van der Waals surface area contributed by atoms with E-state index in [9.17, 15) is 8.78 Å². The van der Waals surface area contributed by atoms with Gasteiger partial charge in [-0.25, -0.2) is 8.78 Å². The Kier molecular flexibility index (Phi) is 4.69. The Labute approximate surface area is 89.5 Å². The molecular formula is C12H17F2N. The van der Waals surface area contributed by atoms with Gasteiger partial charge in [0.1, 0.15) is 11.6 Å². The zero-order chi connectivity index (χ0) is 11.3. The van der Waals surface area contributed by atoms with Gasteiger partial charge in [0, 0.05) is 12.6 Å². The number of hydrogen-bond donors (Lipinski definition) is 1. The van der Waals surface area contributed by atoms with Crippen LogP contribution >= 0.6 is 0 Å². The van der Waals surface area contributed by atoms with E-state index in [2.05, 4.69) is 12.2 Å². The summed E-state index contributed by atoms with van der Waals surface area (Å²) in [7, 11) is 0. The molecule has 1 unspecified atom stereocenters. The van der Waals surface area contributed by atoms with Crippen LogP contribution in [0.5, 0.6) is 0 Å². The molecule has 0 bridgehead atoms. The van der Waals surface area contributed by atoms with Gasteiger partial charge < -0.3 is 5.32 Å². The van der Waals surface area contributed by atoms with Gasteiger partial charge in [-0.15, -0.1) is 0 Å². The van der Waals surface area contributed by atoms with Crippen molar-refractivity contribution in [2.45, 2.75) is 26.2 Å². The molecule has 0 heterocycles. The summed E-state index contributed by atoms with van der Waals surface area (Å²) in [5.74, 6) is -0.888. The standard InChI is InChI=1S/C12H17F2N/c1-3-4-15-8-9(2)10-5-11(13)7-12(14)6-10/h5-7,9,15H,3-4,8H2,1-2H3. The molecule has 0 amide bonds. The molecule has 1 atom stereocenters. The Morgan fingerprint density at radius 3 is 2.33 bits per heavy atom. The number of benzene rings is 1. The Morgan fingerprint density at radius 1 is 1.20 bits per heavy atom. The molecule has 1 aromatic carbocycles. The third-order valence-electron chi connectivity index (χ3n) is 2.33. The summed E-state index contributed by atoms with van der Waals surface area (Å²) in [6.45, 7) is 5.72. The molecule has 0 aliphatic carbocycles. The fourth-order valence-corrected chi connectivity index (χ4v) is 1.47. The number of rotatable bonds is 5. The van der Waals surface area contributed by atoms with Gasteiger partial charge in [-0.2, -0.15) is 0 Å². The van der Waals surface area contributed by atoms with E-state index in [-0.39, 0.29) is 5.92 Å². The highest BCUT2D eigenvalue weighted by molar-refractivity contribution is 5.21. The zero-order valence-corrected chi connectivity index (χ0v) is 9.19. The molecule has 0 aliphatic heterocycles. The van der Waals surface area contributed by atoms with Crippen LogP contribution in [-0.4, -0.2) is 13.1 Å². The summed E-state index contributed by atoms with van der Waals surface area (Å²) >= 11 is 0. The quantitative estimate of drug-likeness (QED) is 0.741. The van der Waals surface area contributed by atoms with Crippen molar-refractivity contribution in [3.8, 4) is 0 Å². The van der Waals surface area contributed by atoms with Crippen LogP contribution in [0.25, 0.3) is 0 Å². The van der Waals surface area contributed by atoms with Crippen molar-refractivity contribution in [2.24, 2.45) is 0 Å². The average Bonchev–Trinajstić information content (AvgIpc) is 2.16. The highest BCUT2D eigenvalue weighted by Gasteiger charge is 2.07. The van der Waals surface area contributed by atoms with Gasteiger partial charge in [0.25, 0.3) is 0 Å². The number of halogens is 2. The van der Waals surface area contributed by atoms with Crippen molar-refractivity contribution >= 4 is 0 Å². The normalized spacial score (nSPS) is 12.8. The SMILES string of the molecule is CCCNCC(C)c1cc(F)cc(F)c1. The molecule has 1 nitrogen and oxygen atoms in total. The molecule has 0 spiro atoms. The molecule has 0 radical (unpaired) electrons. The fourth-order valence-electron chi connectivity index (χ4n) is 1.47. The zero-order valence-electron chi connectivity index (χ0n) is 9.19. The third kappa shape index (κ3) is 3.96. The summed E-state index contributed by atoms with van der Waals surface area (Å²) < 4.78 is 25.8. The van der Waals surface area contributed by atoms with Crippen LogP contribution in [0, 0.1) is 11.6 Å². The van der Waals surface area contributed by atoms with Gasteiger partial charge in [-0.1, -0.05) is 13.8 Å². The van der Waals surface area contributed by atoms with Crippen LogP contribution in [0.2, 0.25) is 0 Å². The van der Waals surface area contributed by atoms with E-state index in [0.717, 1.165) is 25.6 Å². The average molecular weight is 213 g/mol. The second-order valence-electron chi connectivity index (χ2n) is 3.81. The molecule has 0 fully saturated rings. The molecule has 1 N–H and O–H groups in total. The highest BCUT2D eigenvalue weighted by Crippen LogP contribution is 2.17. The molecule has 0 aromatic heterocycles. The van der Waals surface area contributed by atoms with Gasteiger partial charge in [-0.05, 0) is 36.6 Å². The van der Waals surface area contributed by atoms with E-state index in [1.165, 1.54) is 12.1 Å². The smallest absolute Gasteiger partial charge is 0.126 e. The van der Waals surface area contributed by atoms with Gasteiger partial charge in [0.15, 0.2) is 0 Å². The molecule has 1 aromatic rings. The van der Waals surface area contributed by atoms with Gasteiger partial charge in [0.2, 0.25) is 0 Å². The summed E-state index contributed by atoms with van der Waals surface area (Å²) in [5.41, 5.74) is 0.705. The van der Waals surface area contributed by atoms with E-state index in [1.54, 1.807) is 0 Å². The van der Waals surface area contributed by atoms with Crippen molar-refractivity contribution in [1.29, 1.82) is 0 Å². The predicted molar refractivity (Wildman–Crippen MR) is 57.9 cm³/mol. The van der Waals surface area contributed by atoms with Crippen molar-refractivity contribution in [3.63, 3.8) is 0 Å². The lowest BCUT2D eigenvalue weighted by atomic mass is 10.0. The maximum absolute atomic E-state index is 12.9. The second kappa shape index (κ2) is 5.81. The lowest BCUT2D eigenvalue weighted by Gasteiger charge is -2.12. The Hall–Kier alpha value is -0.960. The Balaban J connectivity index is 2.60. The van der Waals surface area contributed by atoms with Crippen LogP contribution < -0.4 is 5.32 Å². The van der Waals surface area contributed by atoms with Crippen molar-refractivity contribution < 1.29 is 8.78 Å². The first-order valence-corrected chi connectivity index (χ1v) is 5.30. The van der Waals surface area contributed by atoms with Crippen LogP contribution in [-0.2, 0) is 0 Å². The fraction of sp³-hybridized carbons (Fsp3) is 0.500. The molecule has 84 valence electrons. The van der Waals surface area contributed by atoms with Crippen LogP contribution in [0.3, 0.4) is 0 Å². The van der Waals surface area contributed by atoms with Crippen molar-refractivity contribution in [3.05, 3.63) is 35.4 Å². The van der Waals surface area contributed by atoms with Crippen molar-refractivity contribution in [2.75, 3.05) is 13.1 Å². The molecule has 0 saturated carbocycles. The first-order chi connectivity index (χ1) is 7.13. The molecule has 0 saturated heterocycles. The minimum atomic E-state index is -0.507. The van der Waals surface area contributed by atoms with E-state index >= 15 is 0 Å². The largest absolute Gasteiger partial charge is 0.316 e. The minimum Gasteiger partial charge on any atom is -0.316 e. The van der Waals surface area contributed by atoms with Gasteiger partial charge in [-0.3, -0.25) is 0 Å². The summed E-state index contributed by atoms with van der Waals surface area (Å²) in [6, 6.07) is 3.68. The maximum atomic E-state index is 12.9. The van der Waals surface area contributed by atoms with Crippen LogP contribution in [0.4, 0.5) is 8.78 Å². The predicted octanol–water partition coefficient (Wildman–Crippen LogP) is 3.07. The topological polar surface area (TPSA) is 12.0 Å². The monoisotopic (exact) mass is 213 g/mol. The molecular weight excluding hydrogens is 196 g/mol. The highest BCUT2D eigenvalue weighted by atomic mass is 19.1. The van der Waals surface area contributed by atoms with Crippen LogP contribution in [0.1, 0.15) is 31.7 Å². The first-order valence-electron chi connectivity index (χ1n) is 5.30. The third-order valence-corrected chi connectivity index (χ3v) is 2.33. The summed E-state index contributed by atoms with van der Waals surface area (Å²) in [5, 5.41) is 3.23. The first kappa shape index (κ1) is 12.1. The maximum Gasteiger partial charge on any atom is 0.126 e.